The summed E-state index contributed by atoms with van der Waals surface area (Å²) < 4.78 is 25.3. The van der Waals surface area contributed by atoms with Crippen LogP contribution in [0.3, 0.4) is 0 Å². The number of aromatic nitrogens is 1. The van der Waals surface area contributed by atoms with Gasteiger partial charge in [-0.15, -0.1) is 0 Å². The van der Waals surface area contributed by atoms with E-state index in [0.29, 0.717) is 32.5 Å². The van der Waals surface area contributed by atoms with Crippen LogP contribution >= 0.6 is 27.7 Å². The average molecular weight is 359 g/mol. The van der Waals surface area contributed by atoms with Crippen LogP contribution in [0.4, 0.5) is 14.5 Å². The maximum atomic E-state index is 12.5. The Kier molecular flexibility index (Phi) is 5.08. The molecule has 0 radical (unpaired) electrons. The van der Waals surface area contributed by atoms with E-state index in [1.807, 2.05) is 0 Å². The summed E-state index contributed by atoms with van der Waals surface area (Å²) in [6, 6.07) is 9.64. The van der Waals surface area contributed by atoms with Crippen molar-refractivity contribution in [3.05, 3.63) is 52.8 Å². The molecule has 2 aromatic rings. The van der Waals surface area contributed by atoms with Crippen LogP contribution in [0.2, 0.25) is 0 Å². The van der Waals surface area contributed by atoms with Gasteiger partial charge in [-0.3, -0.25) is 4.79 Å². The van der Waals surface area contributed by atoms with Crippen molar-refractivity contribution < 1.29 is 13.6 Å². The molecule has 1 amide bonds. The van der Waals surface area contributed by atoms with Gasteiger partial charge in [0, 0.05) is 11.1 Å². The second-order valence-corrected chi connectivity index (χ2v) is 5.45. The summed E-state index contributed by atoms with van der Waals surface area (Å²) in [5, 5.41) is 2.61. The van der Waals surface area contributed by atoms with E-state index in [0.717, 1.165) is 0 Å². The lowest BCUT2D eigenvalue weighted by Gasteiger charge is -2.10. The normalized spacial score (nSPS) is 10.6. The molecular formula is C13H9BrF2N2OS. The molecule has 1 N–H and O–H groups in total. The van der Waals surface area contributed by atoms with Crippen LogP contribution in [0.1, 0.15) is 10.4 Å². The van der Waals surface area contributed by atoms with Gasteiger partial charge in [-0.1, -0.05) is 23.9 Å². The van der Waals surface area contributed by atoms with Gasteiger partial charge in [0.25, 0.3) is 11.7 Å². The van der Waals surface area contributed by atoms with Crippen molar-refractivity contribution in [2.24, 2.45) is 0 Å². The van der Waals surface area contributed by atoms with Gasteiger partial charge in [0.05, 0.1) is 11.3 Å². The van der Waals surface area contributed by atoms with E-state index in [1.54, 1.807) is 36.5 Å². The summed E-state index contributed by atoms with van der Waals surface area (Å²) in [6.45, 7) is 0. The number of anilines is 1. The number of thioether (sulfide) groups is 1. The maximum absolute atomic E-state index is 12.5. The standard InChI is InChI=1S/C13H9BrF2N2OS/c14-11-8(4-3-7-17-11)12(19)18-9-5-1-2-6-10(9)20-13(15)16/h1-7,13H,(H,18,19). The van der Waals surface area contributed by atoms with Crippen LogP contribution in [0.5, 0.6) is 0 Å². The monoisotopic (exact) mass is 358 g/mol. The topological polar surface area (TPSA) is 42.0 Å². The zero-order valence-corrected chi connectivity index (χ0v) is 12.4. The third-order valence-electron chi connectivity index (χ3n) is 2.36. The van der Waals surface area contributed by atoms with E-state index >= 15 is 0 Å². The molecule has 0 bridgehead atoms. The van der Waals surface area contributed by atoms with E-state index < -0.39 is 11.7 Å². The van der Waals surface area contributed by atoms with Gasteiger partial charge >= 0.3 is 0 Å². The number of rotatable bonds is 4. The maximum Gasteiger partial charge on any atom is 0.288 e. The second kappa shape index (κ2) is 6.81. The van der Waals surface area contributed by atoms with Gasteiger partial charge in [0.15, 0.2) is 0 Å². The van der Waals surface area contributed by atoms with Crippen molar-refractivity contribution in [2.75, 3.05) is 5.32 Å². The van der Waals surface area contributed by atoms with E-state index in [2.05, 4.69) is 26.2 Å². The zero-order valence-electron chi connectivity index (χ0n) is 10.0. The number of benzene rings is 1. The molecule has 20 heavy (non-hydrogen) atoms. The highest BCUT2D eigenvalue weighted by Crippen LogP contribution is 2.32. The number of carbonyl (C=O) groups excluding carboxylic acids is 1. The number of hydrogen-bond acceptors (Lipinski definition) is 3. The molecule has 0 aliphatic rings. The van der Waals surface area contributed by atoms with Crippen LogP contribution in [0, 0.1) is 0 Å². The van der Waals surface area contributed by atoms with Crippen molar-refractivity contribution >= 4 is 39.3 Å². The van der Waals surface area contributed by atoms with Gasteiger partial charge in [0.1, 0.15) is 4.60 Å². The van der Waals surface area contributed by atoms with Crippen molar-refractivity contribution in [2.45, 2.75) is 10.7 Å². The fourth-order valence-corrected chi connectivity index (χ4v) is 2.54. The Morgan fingerprint density at radius 2 is 2.00 bits per heavy atom. The number of carbonyl (C=O) groups is 1. The van der Waals surface area contributed by atoms with E-state index in [9.17, 15) is 13.6 Å². The molecule has 1 aromatic carbocycles. The minimum atomic E-state index is -2.54. The Morgan fingerprint density at radius 3 is 2.70 bits per heavy atom. The molecule has 0 saturated heterocycles. The molecule has 1 heterocycles. The molecule has 3 nitrogen and oxygen atoms in total. The lowest BCUT2D eigenvalue weighted by atomic mass is 10.2. The zero-order chi connectivity index (χ0) is 14.5. The van der Waals surface area contributed by atoms with Gasteiger partial charge < -0.3 is 5.32 Å². The highest BCUT2D eigenvalue weighted by molar-refractivity contribution is 9.10. The Labute approximate surface area is 126 Å². The molecule has 0 atom stereocenters. The van der Waals surface area contributed by atoms with Crippen LogP contribution in [-0.4, -0.2) is 16.6 Å². The highest BCUT2D eigenvalue weighted by atomic mass is 79.9. The summed E-state index contributed by atoms with van der Waals surface area (Å²) in [7, 11) is 0. The second-order valence-electron chi connectivity index (χ2n) is 3.67. The summed E-state index contributed by atoms with van der Waals surface area (Å²) >= 11 is 3.56. The number of pyridine rings is 1. The number of halogens is 3. The predicted octanol–water partition coefficient (Wildman–Crippen LogP) is 4.41. The number of nitrogens with one attached hydrogen (secondary N) is 1. The molecule has 0 unspecified atom stereocenters. The van der Waals surface area contributed by atoms with Gasteiger partial charge in [-0.25, -0.2) is 4.98 Å². The Balaban J connectivity index is 2.22. The summed E-state index contributed by atoms with van der Waals surface area (Å²) in [4.78, 5) is 16.4. The van der Waals surface area contributed by atoms with Gasteiger partial charge in [-0.05, 0) is 40.2 Å². The number of nitrogens with zero attached hydrogens (tertiary/aromatic N) is 1. The Morgan fingerprint density at radius 1 is 1.25 bits per heavy atom. The van der Waals surface area contributed by atoms with Gasteiger partial charge in [-0.2, -0.15) is 8.78 Å². The summed E-state index contributed by atoms with van der Waals surface area (Å²) in [5.74, 6) is -2.95. The van der Waals surface area contributed by atoms with Crippen molar-refractivity contribution in [3.8, 4) is 0 Å². The van der Waals surface area contributed by atoms with Crippen LogP contribution in [-0.2, 0) is 0 Å². The first-order chi connectivity index (χ1) is 9.58. The van der Waals surface area contributed by atoms with E-state index in [4.69, 9.17) is 0 Å². The first kappa shape index (κ1) is 14.9. The molecule has 0 fully saturated rings. The lowest BCUT2D eigenvalue weighted by molar-refractivity contribution is 0.102. The number of amides is 1. The first-order valence-electron chi connectivity index (χ1n) is 5.53. The summed E-state index contributed by atoms with van der Waals surface area (Å²) in [6.07, 6.45) is 1.54. The SMILES string of the molecule is O=C(Nc1ccccc1SC(F)F)c1cccnc1Br. The van der Waals surface area contributed by atoms with Gasteiger partial charge in [0.2, 0.25) is 0 Å². The third kappa shape index (κ3) is 3.77. The van der Waals surface area contributed by atoms with E-state index in [1.165, 1.54) is 6.07 Å². The average Bonchev–Trinajstić information content (AvgIpc) is 2.41. The number of alkyl halides is 2. The number of hydrogen-bond donors (Lipinski definition) is 1. The van der Waals surface area contributed by atoms with Crippen LogP contribution in [0.15, 0.2) is 52.1 Å². The summed E-state index contributed by atoms with van der Waals surface area (Å²) in [5.41, 5.74) is 0.683. The molecule has 0 aliphatic carbocycles. The van der Waals surface area contributed by atoms with Crippen LogP contribution < -0.4 is 5.32 Å². The fraction of sp³-hybridized carbons (Fsp3) is 0.0769. The third-order valence-corrected chi connectivity index (χ3v) is 3.78. The minimum Gasteiger partial charge on any atom is -0.321 e. The number of para-hydroxylation sites is 1. The predicted molar refractivity (Wildman–Crippen MR) is 78.2 cm³/mol. The van der Waals surface area contributed by atoms with Crippen molar-refractivity contribution in [3.63, 3.8) is 0 Å². The molecule has 0 saturated carbocycles. The highest BCUT2D eigenvalue weighted by Gasteiger charge is 2.14. The fourth-order valence-electron chi connectivity index (χ4n) is 1.51. The van der Waals surface area contributed by atoms with Crippen LogP contribution in [0.25, 0.3) is 0 Å². The minimum absolute atomic E-state index is 0.316. The van der Waals surface area contributed by atoms with E-state index in [-0.39, 0.29) is 0 Å². The quantitative estimate of drug-likeness (QED) is 0.650. The molecular weight excluding hydrogens is 350 g/mol. The molecule has 1 aromatic heterocycles. The molecule has 0 aliphatic heterocycles. The molecule has 104 valence electrons. The Bertz CT molecular complexity index is 625. The largest absolute Gasteiger partial charge is 0.321 e. The molecule has 7 heteroatoms. The first-order valence-corrected chi connectivity index (χ1v) is 7.21. The van der Waals surface area contributed by atoms with Crippen molar-refractivity contribution in [1.82, 2.24) is 4.98 Å². The Hall–Kier alpha value is -1.47. The molecule has 2 rings (SSSR count). The lowest BCUT2D eigenvalue weighted by Crippen LogP contribution is -2.13. The smallest absolute Gasteiger partial charge is 0.288 e. The van der Waals surface area contributed by atoms with Crippen molar-refractivity contribution in [1.29, 1.82) is 0 Å². The molecule has 0 spiro atoms.